The highest BCUT2D eigenvalue weighted by atomic mass is 28.4. The van der Waals surface area contributed by atoms with Crippen LogP contribution in [-0.2, 0) is 15.4 Å². The second kappa shape index (κ2) is 6.83. The maximum absolute atomic E-state index is 5.78. The minimum absolute atomic E-state index is 0.744. The first kappa shape index (κ1) is 13.4. The van der Waals surface area contributed by atoms with E-state index in [2.05, 4.69) is 16.1 Å². The minimum atomic E-state index is -1.92. The first-order valence-electron chi connectivity index (χ1n) is 5.94. The van der Waals surface area contributed by atoms with Crippen LogP contribution in [0.1, 0.15) is 20.3 Å². The van der Waals surface area contributed by atoms with Gasteiger partial charge >= 0.3 is 8.56 Å². The zero-order valence-electron chi connectivity index (χ0n) is 10.5. The van der Waals surface area contributed by atoms with Crippen molar-refractivity contribution in [2.45, 2.75) is 39.4 Å². The van der Waals surface area contributed by atoms with Gasteiger partial charge in [0.15, 0.2) is 0 Å². The van der Waals surface area contributed by atoms with Crippen molar-refractivity contribution >= 4 is 8.56 Å². The monoisotopic (exact) mass is 242 g/mol. The lowest BCUT2D eigenvalue weighted by Gasteiger charge is -2.25. The van der Waals surface area contributed by atoms with Crippen LogP contribution < -0.4 is 0 Å². The largest absolute Gasteiger partial charge is 0.395 e. The molecule has 0 spiro atoms. The highest BCUT2D eigenvalue weighted by molar-refractivity contribution is 6.66. The summed E-state index contributed by atoms with van der Waals surface area (Å²) >= 11 is 0. The van der Waals surface area contributed by atoms with E-state index >= 15 is 0 Å². The highest BCUT2D eigenvalue weighted by Gasteiger charge is 2.29. The molecule has 1 aromatic rings. The number of nitrogens with zero attached hydrogens (tertiary/aromatic N) is 2. The molecule has 0 saturated heterocycles. The molecule has 92 valence electrons. The Morgan fingerprint density at radius 1 is 1.25 bits per heavy atom. The van der Waals surface area contributed by atoms with Gasteiger partial charge in [-0.1, -0.05) is 0 Å². The molecule has 1 aromatic heterocycles. The van der Waals surface area contributed by atoms with Crippen LogP contribution in [0.2, 0.25) is 12.6 Å². The molecular weight excluding hydrogens is 220 g/mol. The minimum Gasteiger partial charge on any atom is -0.395 e. The predicted molar refractivity (Wildman–Crippen MR) is 66.5 cm³/mol. The molecule has 0 fully saturated rings. The van der Waals surface area contributed by atoms with Crippen molar-refractivity contribution < 1.29 is 8.85 Å². The van der Waals surface area contributed by atoms with E-state index in [0.29, 0.717) is 0 Å². The molecule has 0 N–H and O–H groups in total. The SMILES string of the molecule is CCO[Si](C)(CCCn1ccnc1)OCC. The van der Waals surface area contributed by atoms with Gasteiger partial charge in [-0.15, -0.1) is 0 Å². The van der Waals surface area contributed by atoms with Crippen molar-refractivity contribution in [1.29, 1.82) is 0 Å². The van der Waals surface area contributed by atoms with Crippen molar-refractivity contribution in [3.05, 3.63) is 18.7 Å². The van der Waals surface area contributed by atoms with E-state index in [1.807, 2.05) is 32.6 Å². The highest BCUT2D eigenvalue weighted by Crippen LogP contribution is 2.16. The Morgan fingerprint density at radius 2 is 1.94 bits per heavy atom. The summed E-state index contributed by atoms with van der Waals surface area (Å²) in [4.78, 5) is 4.02. The van der Waals surface area contributed by atoms with Gasteiger partial charge in [0.2, 0.25) is 0 Å². The van der Waals surface area contributed by atoms with Crippen LogP contribution in [0.4, 0.5) is 0 Å². The molecule has 4 nitrogen and oxygen atoms in total. The first-order chi connectivity index (χ1) is 7.70. The van der Waals surface area contributed by atoms with Gasteiger partial charge in [0.25, 0.3) is 0 Å². The normalized spacial score (nSPS) is 11.9. The van der Waals surface area contributed by atoms with Crippen LogP contribution in [0.5, 0.6) is 0 Å². The standard InChI is InChI=1S/C11H22N2O2Si/c1-4-14-16(3,15-5-2)10-6-8-13-9-7-12-11-13/h7,9,11H,4-6,8,10H2,1-3H3. The first-order valence-corrected chi connectivity index (χ1v) is 8.46. The summed E-state index contributed by atoms with van der Waals surface area (Å²) in [5.41, 5.74) is 0. The Labute approximate surface area is 98.8 Å². The number of rotatable bonds is 8. The van der Waals surface area contributed by atoms with E-state index in [4.69, 9.17) is 8.85 Å². The van der Waals surface area contributed by atoms with Crippen LogP contribution >= 0.6 is 0 Å². The van der Waals surface area contributed by atoms with Gasteiger partial charge in [-0.2, -0.15) is 0 Å². The van der Waals surface area contributed by atoms with Crippen LogP contribution in [0.15, 0.2) is 18.7 Å². The van der Waals surface area contributed by atoms with Gasteiger partial charge in [0.05, 0.1) is 6.33 Å². The Morgan fingerprint density at radius 3 is 2.44 bits per heavy atom. The number of aryl methyl sites for hydroxylation is 1. The van der Waals surface area contributed by atoms with Crippen LogP contribution in [-0.4, -0.2) is 31.3 Å². The average molecular weight is 242 g/mol. The topological polar surface area (TPSA) is 36.3 Å². The van der Waals surface area contributed by atoms with E-state index < -0.39 is 8.56 Å². The lowest BCUT2D eigenvalue weighted by molar-refractivity contribution is 0.188. The summed E-state index contributed by atoms with van der Waals surface area (Å²) in [6, 6.07) is 1.03. The molecule has 5 heteroatoms. The average Bonchev–Trinajstić information content (AvgIpc) is 2.71. The molecule has 0 bridgehead atoms. The predicted octanol–water partition coefficient (Wildman–Crippen LogP) is 2.42. The fourth-order valence-electron chi connectivity index (χ4n) is 1.80. The fourth-order valence-corrected chi connectivity index (χ4v) is 4.19. The van der Waals surface area contributed by atoms with E-state index in [1.165, 1.54) is 0 Å². The van der Waals surface area contributed by atoms with Gasteiger partial charge in [-0.25, -0.2) is 4.98 Å². The molecule has 0 atom stereocenters. The molecule has 1 rings (SSSR count). The molecule has 1 heterocycles. The Hall–Kier alpha value is -0.653. The number of hydrogen-bond donors (Lipinski definition) is 0. The molecule has 0 aliphatic heterocycles. The summed E-state index contributed by atoms with van der Waals surface area (Å²) in [5, 5.41) is 0. The van der Waals surface area contributed by atoms with Crippen molar-refractivity contribution in [2.24, 2.45) is 0 Å². The van der Waals surface area contributed by atoms with Gasteiger partial charge in [0, 0.05) is 32.2 Å². The van der Waals surface area contributed by atoms with E-state index in [0.717, 1.165) is 32.2 Å². The quantitative estimate of drug-likeness (QED) is 0.657. The molecule has 0 aromatic carbocycles. The lowest BCUT2D eigenvalue weighted by Crippen LogP contribution is -2.38. The summed E-state index contributed by atoms with van der Waals surface area (Å²) < 4.78 is 13.7. The lowest BCUT2D eigenvalue weighted by atomic mass is 10.5. The maximum atomic E-state index is 5.78. The smallest absolute Gasteiger partial charge is 0.334 e. The Balaban J connectivity index is 2.32. The van der Waals surface area contributed by atoms with Gasteiger partial charge in [-0.3, -0.25) is 0 Å². The molecule has 0 aliphatic carbocycles. The third-order valence-electron chi connectivity index (χ3n) is 2.51. The molecular formula is C11H22N2O2Si. The van der Waals surface area contributed by atoms with Crippen molar-refractivity contribution in [3.8, 4) is 0 Å². The van der Waals surface area contributed by atoms with Crippen molar-refractivity contribution in [1.82, 2.24) is 9.55 Å². The van der Waals surface area contributed by atoms with Crippen LogP contribution in [0, 0.1) is 0 Å². The summed E-state index contributed by atoms with van der Waals surface area (Å²) in [5.74, 6) is 0. The Bertz CT molecular complexity index is 272. The van der Waals surface area contributed by atoms with Gasteiger partial charge in [0.1, 0.15) is 0 Å². The van der Waals surface area contributed by atoms with Crippen LogP contribution in [0.3, 0.4) is 0 Å². The second-order valence-corrected chi connectivity index (χ2v) is 7.25. The third-order valence-corrected chi connectivity index (χ3v) is 5.57. The van der Waals surface area contributed by atoms with Gasteiger partial charge in [-0.05, 0) is 32.9 Å². The van der Waals surface area contributed by atoms with Gasteiger partial charge < -0.3 is 13.4 Å². The van der Waals surface area contributed by atoms with E-state index in [1.54, 1.807) is 0 Å². The zero-order valence-corrected chi connectivity index (χ0v) is 11.5. The molecule has 0 unspecified atom stereocenters. The van der Waals surface area contributed by atoms with E-state index in [9.17, 15) is 0 Å². The van der Waals surface area contributed by atoms with E-state index in [-0.39, 0.29) is 0 Å². The van der Waals surface area contributed by atoms with Crippen molar-refractivity contribution in [3.63, 3.8) is 0 Å². The zero-order chi connectivity index (χ0) is 11.9. The number of imidazole rings is 1. The van der Waals surface area contributed by atoms with Crippen molar-refractivity contribution in [2.75, 3.05) is 13.2 Å². The molecule has 0 amide bonds. The summed E-state index contributed by atoms with van der Waals surface area (Å²) in [6.07, 6.45) is 6.72. The summed E-state index contributed by atoms with van der Waals surface area (Å²) in [7, 11) is -1.92. The Kier molecular flexibility index (Phi) is 5.72. The van der Waals surface area contributed by atoms with Crippen LogP contribution in [0.25, 0.3) is 0 Å². The molecule has 0 radical (unpaired) electrons. The number of hydrogen-bond acceptors (Lipinski definition) is 3. The second-order valence-electron chi connectivity index (χ2n) is 3.90. The maximum Gasteiger partial charge on any atom is 0.334 e. The fraction of sp³-hybridized carbons (Fsp3) is 0.727. The molecule has 16 heavy (non-hydrogen) atoms. The molecule has 0 saturated carbocycles. The number of aromatic nitrogens is 2. The molecule has 0 aliphatic rings. The summed E-state index contributed by atoms with van der Waals surface area (Å²) in [6.45, 7) is 8.68. The third kappa shape index (κ3) is 4.47.